The summed E-state index contributed by atoms with van der Waals surface area (Å²) in [4.78, 5) is 35.2. The second-order valence-corrected chi connectivity index (χ2v) is 8.73. The predicted octanol–water partition coefficient (Wildman–Crippen LogP) is 3.60. The molecule has 0 bridgehead atoms. The van der Waals surface area contributed by atoms with Gasteiger partial charge in [0.15, 0.2) is 11.4 Å². The minimum absolute atomic E-state index is 0.130. The maximum atomic E-state index is 13.1. The number of aromatic nitrogens is 4. The van der Waals surface area contributed by atoms with Crippen LogP contribution in [0.5, 0.6) is 5.75 Å². The third-order valence-corrected chi connectivity index (χ3v) is 6.29. The van der Waals surface area contributed by atoms with Crippen LogP contribution in [0.3, 0.4) is 0 Å². The lowest BCUT2D eigenvalue weighted by atomic mass is 9.96. The third-order valence-electron chi connectivity index (χ3n) is 5.76. The Labute approximate surface area is 191 Å². The number of aromatic amines is 1. The van der Waals surface area contributed by atoms with Gasteiger partial charge in [-0.3, -0.25) is 9.59 Å². The average molecular weight is 494 g/mol. The first kappa shape index (κ1) is 20.4. The van der Waals surface area contributed by atoms with E-state index in [1.807, 2.05) is 24.3 Å². The molecule has 0 atom stereocenters. The number of rotatable bonds is 3. The summed E-state index contributed by atoms with van der Waals surface area (Å²) in [5, 5.41) is 14.5. The molecule has 32 heavy (non-hydrogen) atoms. The van der Waals surface area contributed by atoms with Gasteiger partial charge in [-0.25, -0.2) is 4.98 Å². The molecule has 2 N–H and O–H groups in total. The van der Waals surface area contributed by atoms with Gasteiger partial charge in [-0.15, -0.1) is 0 Å². The summed E-state index contributed by atoms with van der Waals surface area (Å²) in [5.41, 5.74) is 1.81. The minimum atomic E-state index is -0.509. The van der Waals surface area contributed by atoms with Crippen LogP contribution in [-0.2, 0) is 0 Å². The lowest BCUT2D eigenvalue weighted by molar-refractivity contribution is 0.0699. The number of hydrogen-bond donors (Lipinski definition) is 2. The van der Waals surface area contributed by atoms with E-state index in [4.69, 9.17) is 0 Å². The molecule has 1 aliphatic rings. The highest BCUT2D eigenvalue weighted by atomic mass is 79.9. The molecular weight excluding hydrogens is 474 g/mol. The molecule has 0 spiro atoms. The summed E-state index contributed by atoms with van der Waals surface area (Å²) < 4.78 is 1.98. The Morgan fingerprint density at radius 3 is 2.53 bits per heavy atom. The van der Waals surface area contributed by atoms with Crippen LogP contribution in [0.25, 0.3) is 16.7 Å². The number of carbonyl (C=O) groups excluding carboxylic acids is 1. The highest BCUT2D eigenvalue weighted by Crippen LogP contribution is 2.29. The Bertz CT molecular complexity index is 1320. The molecule has 1 aliphatic heterocycles. The fraction of sp³-hybridized carbons (Fsp3) is 0.217. The molecule has 3 heterocycles. The second-order valence-electron chi connectivity index (χ2n) is 7.81. The van der Waals surface area contributed by atoms with Crippen molar-refractivity contribution in [1.29, 1.82) is 0 Å². The molecular formula is C23H20BrN5O3. The van der Waals surface area contributed by atoms with Crippen molar-refractivity contribution in [3.63, 3.8) is 0 Å². The fourth-order valence-electron chi connectivity index (χ4n) is 4.04. The number of fused-ring (bicyclic) bond motifs is 1. The normalized spacial score (nSPS) is 14.7. The zero-order chi connectivity index (χ0) is 22.2. The molecule has 2 aromatic carbocycles. The lowest BCUT2D eigenvalue weighted by Crippen LogP contribution is -2.39. The summed E-state index contributed by atoms with van der Waals surface area (Å²) in [6, 6.07) is 15.9. The lowest BCUT2D eigenvalue weighted by Gasteiger charge is -2.31. The average Bonchev–Trinajstić information content (AvgIpc) is 3.24. The number of piperidine rings is 1. The van der Waals surface area contributed by atoms with E-state index >= 15 is 0 Å². The van der Waals surface area contributed by atoms with Gasteiger partial charge < -0.3 is 15.0 Å². The standard InChI is InChI=1S/C23H20BrN5O3/c24-15-5-7-16(8-6-15)29-20(31)13-19(30)21(27-29)23(32)28-11-9-14(10-12-28)22-25-17-3-1-2-4-18(17)26-22/h1-8,13-14,30H,9-12H2,(H,25,26). The monoisotopic (exact) mass is 493 g/mol. The fourth-order valence-corrected chi connectivity index (χ4v) is 4.30. The quantitative estimate of drug-likeness (QED) is 0.453. The molecule has 5 rings (SSSR count). The topological polar surface area (TPSA) is 104 Å². The number of benzene rings is 2. The molecule has 0 radical (unpaired) electrons. The van der Waals surface area contributed by atoms with E-state index in [1.165, 1.54) is 0 Å². The van der Waals surface area contributed by atoms with Gasteiger partial charge in [0, 0.05) is 29.5 Å². The molecule has 162 valence electrons. The van der Waals surface area contributed by atoms with Crippen molar-refractivity contribution >= 4 is 32.9 Å². The van der Waals surface area contributed by atoms with E-state index < -0.39 is 17.2 Å². The summed E-state index contributed by atoms with van der Waals surface area (Å²) in [6.45, 7) is 1.03. The summed E-state index contributed by atoms with van der Waals surface area (Å²) in [7, 11) is 0. The van der Waals surface area contributed by atoms with Crippen LogP contribution in [0.15, 0.2) is 63.9 Å². The van der Waals surface area contributed by atoms with Gasteiger partial charge in [0.05, 0.1) is 16.7 Å². The maximum Gasteiger partial charge on any atom is 0.278 e. The third kappa shape index (κ3) is 3.80. The van der Waals surface area contributed by atoms with Crippen molar-refractivity contribution < 1.29 is 9.90 Å². The molecule has 1 saturated heterocycles. The number of aromatic hydroxyl groups is 1. The van der Waals surface area contributed by atoms with E-state index in [-0.39, 0.29) is 11.6 Å². The number of H-pyrrole nitrogens is 1. The maximum absolute atomic E-state index is 13.1. The Hall–Kier alpha value is -3.46. The Morgan fingerprint density at radius 2 is 1.81 bits per heavy atom. The number of carbonyl (C=O) groups is 1. The summed E-state index contributed by atoms with van der Waals surface area (Å²) in [5.74, 6) is 0.358. The van der Waals surface area contributed by atoms with Gasteiger partial charge in [-0.05, 0) is 49.2 Å². The van der Waals surface area contributed by atoms with Crippen molar-refractivity contribution in [3.05, 3.63) is 80.9 Å². The van der Waals surface area contributed by atoms with Gasteiger partial charge in [0.2, 0.25) is 0 Å². The molecule has 4 aromatic rings. The number of likely N-dealkylation sites (tertiary alicyclic amines) is 1. The number of hydrogen-bond acceptors (Lipinski definition) is 5. The molecule has 1 amide bonds. The predicted molar refractivity (Wildman–Crippen MR) is 123 cm³/mol. The molecule has 2 aromatic heterocycles. The van der Waals surface area contributed by atoms with Crippen LogP contribution < -0.4 is 5.56 Å². The first-order valence-corrected chi connectivity index (χ1v) is 11.1. The largest absolute Gasteiger partial charge is 0.505 e. The van der Waals surface area contributed by atoms with Crippen molar-refractivity contribution in [1.82, 2.24) is 24.6 Å². The number of nitrogens with one attached hydrogen (secondary N) is 1. The Morgan fingerprint density at radius 1 is 1.09 bits per heavy atom. The van der Waals surface area contributed by atoms with E-state index in [0.29, 0.717) is 18.8 Å². The van der Waals surface area contributed by atoms with E-state index in [9.17, 15) is 14.7 Å². The van der Waals surface area contributed by atoms with Crippen LogP contribution in [-0.4, -0.2) is 48.8 Å². The van der Waals surface area contributed by atoms with Crippen molar-refractivity contribution in [2.45, 2.75) is 18.8 Å². The van der Waals surface area contributed by atoms with Crippen LogP contribution in [0.2, 0.25) is 0 Å². The first-order chi connectivity index (χ1) is 15.5. The minimum Gasteiger partial charge on any atom is -0.505 e. The molecule has 1 fully saturated rings. The van der Waals surface area contributed by atoms with Crippen LogP contribution in [0, 0.1) is 0 Å². The number of nitrogens with zero attached hydrogens (tertiary/aromatic N) is 4. The summed E-state index contributed by atoms with van der Waals surface area (Å²) >= 11 is 3.35. The van der Waals surface area contributed by atoms with Gasteiger partial charge in [-0.2, -0.15) is 9.78 Å². The smallest absolute Gasteiger partial charge is 0.278 e. The van der Waals surface area contributed by atoms with Gasteiger partial charge >= 0.3 is 0 Å². The molecule has 8 nitrogen and oxygen atoms in total. The Kier molecular flexibility index (Phi) is 5.26. The highest BCUT2D eigenvalue weighted by Gasteiger charge is 2.29. The molecule has 0 unspecified atom stereocenters. The van der Waals surface area contributed by atoms with Gasteiger partial charge in [0.25, 0.3) is 11.5 Å². The van der Waals surface area contributed by atoms with E-state index in [0.717, 1.165) is 44.9 Å². The van der Waals surface area contributed by atoms with Crippen LogP contribution >= 0.6 is 15.9 Å². The van der Waals surface area contributed by atoms with Crippen molar-refractivity contribution in [2.75, 3.05) is 13.1 Å². The number of amides is 1. The van der Waals surface area contributed by atoms with Crippen molar-refractivity contribution in [3.8, 4) is 11.4 Å². The zero-order valence-corrected chi connectivity index (χ0v) is 18.6. The molecule has 9 heteroatoms. The number of para-hydroxylation sites is 2. The molecule has 0 saturated carbocycles. The van der Waals surface area contributed by atoms with E-state index in [1.54, 1.807) is 29.2 Å². The van der Waals surface area contributed by atoms with Gasteiger partial charge in [-0.1, -0.05) is 28.1 Å². The second kappa shape index (κ2) is 8.23. The summed E-state index contributed by atoms with van der Waals surface area (Å²) in [6.07, 6.45) is 1.50. The van der Waals surface area contributed by atoms with Gasteiger partial charge in [0.1, 0.15) is 5.82 Å². The molecule has 0 aliphatic carbocycles. The van der Waals surface area contributed by atoms with Crippen LogP contribution in [0.1, 0.15) is 35.1 Å². The Balaban J connectivity index is 1.35. The first-order valence-electron chi connectivity index (χ1n) is 10.3. The van der Waals surface area contributed by atoms with E-state index in [2.05, 4.69) is 31.0 Å². The SMILES string of the molecule is O=C(c1nn(-c2ccc(Br)cc2)c(=O)cc1O)N1CCC(c2nc3ccccc3[nH]2)CC1. The zero-order valence-electron chi connectivity index (χ0n) is 17.0. The number of halogens is 1. The highest BCUT2D eigenvalue weighted by molar-refractivity contribution is 9.10. The van der Waals surface area contributed by atoms with Crippen LogP contribution in [0.4, 0.5) is 0 Å². The van der Waals surface area contributed by atoms with Crippen molar-refractivity contribution in [2.24, 2.45) is 0 Å². The number of imidazole rings is 1.